The summed E-state index contributed by atoms with van der Waals surface area (Å²) in [5.41, 5.74) is 3.90. The molecule has 0 aliphatic rings. The number of benzene rings is 1. The van der Waals surface area contributed by atoms with Gasteiger partial charge >= 0.3 is 11.9 Å². The van der Waals surface area contributed by atoms with Gasteiger partial charge < -0.3 is 20.1 Å². The van der Waals surface area contributed by atoms with E-state index in [1.807, 2.05) is 0 Å². The van der Waals surface area contributed by atoms with E-state index in [1.54, 1.807) is 6.07 Å². The van der Waals surface area contributed by atoms with E-state index < -0.39 is 29.1 Å². The molecule has 2 aromatic rings. The Hall–Kier alpha value is -3.41. The summed E-state index contributed by atoms with van der Waals surface area (Å²) in [6, 6.07) is 2.77. The van der Waals surface area contributed by atoms with Crippen molar-refractivity contribution in [1.29, 1.82) is 5.26 Å². The Balaban J connectivity index is 2.87. The van der Waals surface area contributed by atoms with Gasteiger partial charge in [0.15, 0.2) is 17.3 Å². The van der Waals surface area contributed by atoms with Crippen LogP contribution >= 0.6 is 0 Å². The van der Waals surface area contributed by atoms with Crippen molar-refractivity contribution in [3.8, 4) is 11.8 Å². The van der Waals surface area contributed by atoms with E-state index in [-0.39, 0.29) is 22.6 Å². The van der Waals surface area contributed by atoms with Crippen LogP contribution in [0.4, 0.5) is 14.5 Å². The highest BCUT2D eigenvalue weighted by Crippen LogP contribution is 2.28. The number of methoxy groups -OCH3 is 1. The Kier molecular flexibility index (Phi) is 4.00. The third-order valence-corrected chi connectivity index (χ3v) is 3.07. The standard InChI is InChI=1S/C14H9F2N3O4/c1-23-14(22)12-11(18)6(4-17)5-19(12)10-3-9(16)8(15)2-7(10)13(20)21/h2-3,5H,18H2,1H3,(H,20,21). The van der Waals surface area contributed by atoms with Crippen LogP contribution in [0.15, 0.2) is 18.3 Å². The molecule has 0 atom stereocenters. The molecule has 1 aromatic carbocycles. The molecule has 0 amide bonds. The van der Waals surface area contributed by atoms with Crippen molar-refractivity contribution in [3.63, 3.8) is 0 Å². The second-order valence-corrected chi connectivity index (χ2v) is 4.37. The minimum atomic E-state index is -1.56. The maximum absolute atomic E-state index is 13.5. The van der Waals surface area contributed by atoms with Crippen LogP contribution in [-0.2, 0) is 4.74 Å². The molecule has 0 aliphatic heterocycles. The fraction of sp³-hybridized carbons (Fsp3) is 0.0714. The maximum Gasteiger partial charge on any atom is 0.357 e. The predicted molar refractivity (Wildman–Crippen MR) is 73.1 cm³/mol. The molecule has 0 fully saturated rings. The number of halogens is 2. The highest BCUT2D eigenvalue weighted by Gasteiger charge is 2.25. The van der Waals surface area contributed by atoms with E-state index in [0.717, 1.165) is 17.9 Å². The number of nitrogens with zero attached hydrogens (tertiary/aromatic N) is 2. The summed E-state index contributed by atoms with van der Waals surface area (Å²) in [6.07, 6.45) is 1.04. The lowest BCUT2D eigenvalue weighted by Gasteiger charge is -2.12. The van der Waals surface area contributed by atoms with E-state index in [1.165, 1.54) is 0 Å². The molecule has 0 radical (unpaired) electrons. The summed E-state index contributed by atoms with van der Waals surface area (Å²) < 4.78 is 32.2. The van der Waals surface area contributed by atoms with Crippen LogP contribution in [0.2, 0.25) is 0 Å². The topological polar surface area (TPSA) is 118 Å². The number of aromatic nitrogens is 1. The van der Waals surface area contributed by atoms with E-state index in [9.17, 15) is 18.4 Å². The van der Waals surface area contributed by atoms with Gasteiger partial charge in [0.2, 0.25) is 0 Å². The molecule has 7 nitrogen and oxygen atoms in total. The molecule has 0 saturated heterocycles. The van der Waals surface area contributed by atoms with Crippen LogP contribution < -0.4 is 5.73 Å². The molecule has 1 heterocycles. The Bertz CT molecular complexity index is 868. The molecule has 0 unspecified atom stereocenters. The van der Waals surface area contributed by atoms with E-state index >= 15 is 0 Å². The van der Waals surface area contributed by atoms with E-state index in [4.69, 9.17) is 16.1 Å². The minimum Gasteiger partial charge on any atom is -0.478 e. The normalized spacial score (nSPS) is 10.2. The number of carbonyl (C=O) groups is 2. The summed E-state index contributed by atoms with van der Waals surface area (Å²) in [6.45, 7) is 0. The van der Waals surface area contributed by atoms with Gasteiger partial charge in [0.1, 0.15) is 6.07 Å². The van der Waals surface area contributed by atoms with Crippen LogP contribution in [0.3, 0.4) is 0 Å². The number of ether oxygens (including phenoxy) is 1. The largest absolute Gasteiger partial charge is 0.478 e. The number of aromatic carboxylic acids is 1. The Morgan fingerprint density at radius 2 is 1.96 bits per heavy atom. The zero-order valence-corrected chi connectivity index (χ0v) is 11.6. The Morgan fingerprint density at radius 3 is 2.48 bits per heavy atom. The highest BCUT2D eigenvalue weighted by molar-refractivity contribution is 5.98. The monoisotopic (exact) mass is 321 g/mol. The van der Waals surface area contributed by atoms with Crippen molar-refractivity contribution >= 4 is 17.6 Å². The number of nitrogen functional groups attached to an aromatic ring is 1. The number of carboxylic acids is 1. The van der Waals surface area contributed by atoms with Crippen molar-refractivity contribution in [2.75, 3.05) is 12.8 Å². The summed E-state index contributed by atoms with van der Waals surface area (Å²) in [4.78, 5) is 23.1. The number of anilines is 1. The molecule has 2 rings (SSSR count). The zero-order chi connectivity index (χ0) is 17.3. The lowest BCUT2D eigenvalue weighted by molar-refractivity contribution is 0.0590. The Morgan fingerprint density at radius 1 is 1.35 bits per heavy atom. The SMILES string of the molecule is COC(=O)c1c(N)c(C#N)cn1-c1cc(F)c(F)cc1C(=O)O. The van der Waals surface area contributed by atoms with Crippen molar-refractivity contribution in [3.05, 3.63) is 46.8 Å². The second kappa shape index (κ2) is 5.76. The predicted octanol–water partition coefficient (Wildman–Crippen LogP) is 1.69. The highest BCUT2D eigenvalue weighted by atomic mass is 19.2. The summed E-state index contributed by atoms with van der Waals surface area (Å²) in [5.74, 6) is -5.22. The number of nitrogens with two attached hydrogens (primary N) is 1. The van der Waals surface area contributed by atoms with Crippen LogP contribution in [0.25, 0.3) is 5.69 Å². The molecule has 0 aliphatic carbocycles. The number of rotatable bonds is 3. The molecule has 1 aromatic heterocycles. The molecule has 0 bridgehead atoms. The van der Waals surface area contributed by atoms with Gasteiger partial charge in [-0.15, -0.1) is 0 Å². The lowest BCUT2D eigenvalue weighted by Crippen LogP contribution is -2.14. The first kappa shape index (κ1) is 16.0. The molecule has 0 spiro atoms. The Labute approximate surface area is 128 Å². The van der Waals surface area contributed by atoms with Crippen molar-refractivity contribution in [1.82, 2.24) is 4.57 Å². The second-order valence-electron chi connectivity index (χ2n) is 4.37. The maximum atomic E-state index is 13.5. The first-order valence-corrected chi connectivity index (χ1v) is 6.03. The fourth-order valence-corrected chi connectivity index (χ4v) is 2.01. The van der Waals surface area contributed by atoms with E-state index in [2.05, 4.69) is 4.74 Å². The smallest absolute Gasteiger partial charge is 0.357 e. The number of esters is 1. The molecule has 118 valence electrons. The average Bonchev–Trinajstić information content (AvgIpc) is 2.85. The number of hydrogen-bond acceptors (Lipinski definition) is 5. The van der Waals surface area contributed by atoms with Gasteiger partial charge in [-0.3, -0.25) is 0 Å². The van der Waals surface area contributed by atoms with Crippen LogP contribution in [0.1, 0.15) is 26.4 Å². The average molecular weight is 321 g/mol. The van der Waals surface area contributed by atoms with Crippen LogP contribution in [0.5, 0.6) is 0 Å². The third-order valence-electron chi connectivity index (χ3n) is 3.07. The van der Waals surface area contributed by atoms with Gasteiger partial charge in [0, 0.05) is 12.3 Å². The van der Waals surface area contributed by atoms with Crippen molar-refractivity contribution < 1.29 is 28.2 Å². The summed E-state index contributed by atoms with van der Waals surface area (Å²) in [7, 11) is 1.05. The lowest BCUT2D eigenvalue weighted by atomic mass is 10.1. The van der Waals surface area contributed by atoms with Gasteiger partial charge in [0.25, 0.3) is 0 Å². The molecular formula is C14H9F2N3O4. The van der Waals surface area contributed by atoms with Crippen LogP contribution in [0, 0.1) is 23.0 Å². The number of carbonyl (C=O) groups excluding carboxylic acids is 1. The minimum absolute atomic E-state index is 0.147. The number of nitriles is 1. The molecule has 9 heteroatoms. The fourth-order valence-electron chi connectivity index (χ4n) is 2.01. The van der Waals surface area contributed by atoms with Crippen molar-refractivity contribution in [2.24, 2.45) is 0 Å². The third kappa shape index (κ3) is 2.57. The van der Waals surface area contributed by atoms with Gasteiger partial charge in [0.05, 0.1) is 29.6 Å². The van der Waals surface area contributed by atoms with Gasteiger partial charge in [-0.1, -0.05) is 0 Å². The summed E-state index contributed by atoms with van der Waals surface area (Å²) >= 11 is 0. The van der Waals surface area contributed by atoms with Crippen molar-refractivity contribution in [2.45, 2.75) is 0 Å². The summed E-state index contributed by atoms with van der Waals surface area (Å²) in [5, 5.41) is 18.1. The van der Waals surface area contributed by atoms with Gasteiger partial charge in [-0.25, -0.2) is 18.4 Å². The van der Waals surface area contributed by atoms with Crippen LogP contribution in [-0.4, -0.2) is 28.7 Å². The number of carboxylic acid groups (broad SMARTS) is 1. The molecule has 3 N–H and O–H groups in total. The first-order chi connectivity index (χ1) is 10.8. The molecule has 23 heavy (non-hydrogen) atoms. The van der Waals surface area contributed by atoms with E-state index in [0.29, 0.717) is 12.1 Å². The zero-order valence-electron chi connectivity index (χ0n) is 11.6. The number of hydrogen-bond donors (Lipinski definition) is 2. The molecule has 0 saturated carbocycles. The molecular weight excluding hydrogens is 312 g/mol. The quantitative estimate of drug-likeness (QED) is 0.831. The van der Waals surface area contributed by atoms with Gasteiger partial charge in [-0.2, -0.15) is 5.26 Å². The van der Waals surface area contributed by atoms with Gasteiger partial charge in [-0.05, 0) is 6.07 Å². The first-order valence-electron chi connectivity index (χ1n) is 6.03.